The van der Waals surface area contributed by atoms with Gasteiger partial charge >= 0.3 is 0 Å². The van der Waals surface area contributed by atoms with E-state index in [0.29, 0.717) is 10.9 Å². The third-order valence-electron chi connectivity index (χ3n) is 3.06. The fourth-order valence-electron chi connectivity index (χ4n) is 2.52. The first kappa shape index (κ1) is 12.2. The Balaban J connectivity index is 2.10. The normalized spacial score (nSPS) is 25.9. The zero-order valence-electron chi connectivity index (χ0n) is 10.7. The van der Waals surface area contributed by atoms with Gasteiger partial charge in [0.15, 0.2) is 0 Å². The summed E-state index contributed by atoms with van der Waals surface area (Å²) in [6.07, 6.45) is 2.88. The summed E-state index contributed by atoms with van der Waals surface area (Å²) in [5.41, 5.74) is 1.60. The Morgan fingerprint density at radius 3 is 2.50 bits per heavy atom. The molecule has 1 fully saturated rings. The van der Waals surface area contributed by atoms with Crippen LogP contribution in [-0.2, 0) is 10.9 Å². The van der Waals surface area contributed by atoms with Crippen molar-refractivity contribution in [1.29, 1.82) is 0 Å². The molecule has 2 heteroatoms. The van der Waals surface area contributed by atoms with Crippen LogP contribution in [-0.4, -0.2) is 19.2 Å². The second-order valence-electron chi connectivity index (χ2n) is 5.99. The van der Waals surface area contributed by atoms with E-state index in [2.05, 4.69) is 50.0 Å². The van der Waals surface area contributed by atoms with Crippen LogP contribution in [0.15, 0.2) is 30.3 Å². The van der Waals surface area contributed by atoms with E-state index in [1.165, 1.54) is 24.0 Å². The van der Waals surface area contributed by atoms with Crippen LogP contribution in [0.5, 0.6) is 0 Å². The predicted molar refractivity (Wildman–Crippen MR) is 78.9 cm³/mol. The second-order valence-corrected chi connectivity index (χ2v) is 14.3. The van der Waals surface area contributed by atoms with Crippen LogP contribution in [0, 0.1) is 0 Å². The number of hydrogen-bond donors (Lipinski definition) is 0. The highest BCUT2D eigenvalue weighted by Crippen LogP contribution is 2.37. The predicted octanol–water partition coefficient (Wildman–Crippen LogP) is 4.02. The summed E-state index contributed by atoms with van der Waals surface area (Å²) in [6, 6.07) is 11.2. The third kappa shape index (κ3) is 3.14. The van der Waals surface area contributed by atoms with Gasteiger partial charge < -0.3 is 0 Å². The Bertz CT molecular complexity index is 328. The van der Waals surface area contributed by atoms with E-state index < -0.39 is 8.07 Å². The summed E-state index contributed by atoms with van der Waals surface area (Å²) >= 11 is 0. The zero-order valence-corrected chi connectivity index (χ0v) is 12.5. The summed E-state index contributed by atoms with van der Waals surface area (Å²) in [6.45, 7) is 7.54. The van der Waals surface area contributed by atoms with Gasteiger partial charge in [-0.2, -0.15) is 0 Å². The van der Waals surface area contributed by atoms with Gasteiger partial charge in [0.1, 0.15) is 19.1 Å². The highest BCUT2D eigenvalue weighted by atomic mass is 32.2. The van der Waals surface area contributed by atoms with Gasteiger partial charge in [0.05, 0.1) is 5.38 Å². The van der Waals surface area contributed by atoms with Gasteiger partial charge in [-0.05, 0) is 17.3 Å². The standard InChI is InChI=1S/C14H23SSi/c1-16(2,3)12-15-11-7-10-14(15)13-8-5-4-6-9-13/h4-6,8-9,14H,7,10-12H2,1-3H3/q+1/t14-,15?/m0/s1. The fraction of sp³-hybridized carbons (Fsp3) is 0.571. The van der Waals surface area contributed by atoms with Crippen molar-refractivity contribution in [3.63, 3.8) is 0 Å². The number of rotatable bonds is 3. The van der Waals surface area contributed by atoms with Gasteiger partial charge in [0.2, 0.25) is 0 Å². The minimum absolute atomic E-state index is 0.676. The smallest absolute Gasteiger partial charge is 0.0653 e. The fourth-order valence-corrected chi connectivity index (χ4v) is 10.2. The summed E-state index contributed by atoms with van der Waals surface area (Å²) < 4.78 is 0. The van der Waals surface area contributed by atoms with Gasteiger partial charge in [0, 0.05) is 12.0 Å². The van der Waals surface area contributed by atoms with Crippen LogP contribution in [0.1, 0.15) is 23.7 Å². The third-order valence-corrected chi connectivity index (χ3v) is 10.1. The average Bonchev–Trinajstić information content (AvgIpc) is 2.64. The SMILES string of the molecule is C[Si](C)(C)C[S+]1CCC[C@H]1c1ccccc1. The molecule has 88 valence electrons. The topological polar surface area (TPSA) is 0 Å². The Morgan fingerprint density at radius 1 is 1.19 bits per heavy atom. The Hall–Kier alpha value is -0.213. The summed E-state index contributed by atoms with van der Waals surface area (Å²) in [7, 11) is -0.208. The first-order valence-electron chi connectivity index (χ1n) is 6.27. The molecule has 1 aliphatic rings. The lowest BCUT2D eigenvalue weighted by molar-refractivity contribution is 0.828. The van der Waals surface area contributed by atoms with Crippen LogP contribution in [0.4, 0.5) is 0 Å². The molecule has 1 aliphatic heterocycles. The van der Waals surface area contributed by atoms with E-state index >= 15 is 0 Å². The van der Waals surface area contributed by atoms with Gasteiger partial charge in [-0.15, -0.1) is 0 Å². The average molecular weight is 251 g/mol. The maximum Gasteiger partial charge on any atom is 0.143 e. The summed E-state index contributed by atoms with van der Waals surface area (Å²) in [5, 5.41) is 2.42. The maximum absolute atomic E-state index is 2.51. The summed E-state index contributed by atoms with van der Waals surface area (Å²) in [4.78, 5) is 0. The van der Waals surface area contributed by atoms with Crippen LogP contribution in [0.3, 0.4) is 0 Å². The molecule has 0 aliphatic carbocycles. The molecule has 0 saturated carbocycles. The molecule has 1 saturated heterocycles. The van der Waals surface area contributed by atoms with Crippen molar-refractivity contribution in [3.05, 3.63) is 35.9 Å². The molecule has 0 spiro atoms. The lowest BCUT2D eigenvalue weighted by atomic mass is 10.1. The van der Waals surface area contributed by atoms with Gasteiger partial charge in [-0.1, -0.05) is 50.0 Å². The lowest BCUT2D eigenvalue weighted by Gasteiger charge is -2.19. The van der Waals surface area contributed by atoms with Crippen molar-refractivity contribution in [3.8, 4) is 0 Å². The molecule has 0 radical (unpaired) electrons. The highest BCUT2D eigenvalue weighted by molar-refractivity contribution is 7.98. The highest BCUT2D eigenvalue weighted by Gasteiger charge is 2.40. The molecule has 0 nitrogen and oxygen atoms in total. The summed E-state index contributed by atoms with van der Waals surface area (Å²) in [5.74, 6) is 1.49. The molecular formula is C14H23SSi+. The van der Waals surface area contributed by atoms with E-state index in [9.17, 15) is 0 Å². The van der Waals surface area contributed by atoms with Gasteiger partial charge in [-0.3, -0.25) is 0 Å². The minimum atomic E-state index is -0.885. The van der Waals surface area contributed by atoms with Gasteiger partial charge in [-0.25, -0.2) is 0 Å². The molecular weight excluding hydrogens is 228 g/mol. The van der Waals surface area contributed by atoms with Crippen LogP contribution in [0.2, 0.25) is 19.6 Å². The molecule has 1 aromatic rings. The van der Waals surface area contributed by atoms with E-state index in [1.807, 2.05) is 0 Å². The molecule has 0 N–H and O–H groups in total. The van der Waals surface area contributed by atoms with Crippen molar-refractivity contribution in [2.24, 2.45) is 0 Å². The minimum Gasteiger partial charge on any atom is -0.0653 e. The van der Waals surface area contributed by atoms with Crippen LogP contribution in [0.25, 0.3) is 0 Å². The quantitative estimate of drug-likeness (QED) is 0.562. The van der Waals surface area contributed by atoms with E-state index in [4.69, 9.17) is 0 Å². The second kappa shape index (κ2) is 4.97. The van der Waals surface area contributed by atoms with Crippen LogP contribution < -0.4 is 0 Å². The zero-order chi connectivity index (χ0) is 11.6. The Kier molecular flexibility index (Phi) is 3.80. The monoisotopic (exact) mass is 251 g/mol. The molecule has 1 unspecified atom stereocenters. The first-order valence-corrected chi connectivity index (χ1v) is 11.6. The van der Waals surface area contributed by atoms with Crippen LogP contribution >= 0.6 is 0 Å². The van der Waals surface area contributed by atoms with E-state index in [1.54, 1.807) is 5.56 Å². The first-order chi connectivity index (χ1) is 7.56. The molecule has 1 aromatic carbocycles. The maximum atomic E-state index is 2.51. The molecule has 0 aromatic heterocycles. The Labute approximate surface area is 104 Å². The Morgan fingerprint density at radius 2 is 1.88 bits per heavy atom. The molecule has 16 heavy (non-hydrogen) atoms. The van der Waals surface area contributed by atoms with Crippen molar-refractivity contribution in [2.75, 3.05) is 11.1 Å². The number of hydrogen-bond acceptors (Lipinski definition) is 0. The molecule has 0 amide bonds. The lowest BCUT2D eigenvalue weighted by Crippen LogP contribution is -2.33. The molecule has 2 rings (SSSR count). The molecule has 0 bridgehead atoms. The molecule has 2 atom stereocenters. The largest absolute Gasteiger partial charge is 0.143 e. The van der Waals surface area contributed by atoms with Crippen molar-refractivity contribution >= 4 is 19.0 Å². The van der Waals surface area contributed by atoms with Crippen molar-refractivity contribution < 1.29 is 0 Å². The van der Waals surface area contributed by atoms with E-state index in [-0.39, 0.29) is 0 Å². The number of benzene rings is 1. The van der Waals surface area contributed by atoms with Crippen molar-refractivity contribution in [1.82, 2.24) is 0 Å². The van der Waals surface area contributed by atoms with Crippen molar-refractivity contribution in [2.45, 2.75) is 37.7 Å². The van der Waals surface area contributed by atoms with Gasteiger partial charge in [0.25, 0.3) is 0 Å². The van der Waals surface area contributed by atoms with E-state index in [0.717, 1.165) is 5.25 Å². The molecule has 1 heterocycles.